The highest BCUT2D eigenvalue weighted by atomic mass is 32.2. The fraction of sp³-hybridized carbons (Fsp3) is 0.300. The Labute approximate surface area is 162 Å². The lowest BCUT2D eigenvalue weighted by molar-refractivity contribution is 0.0997. The van der Waals surface area contributed by atoms with Gasteiger partial charge in [0.25, 0.3) is 5.91 Å². The zero-order chi connectivity index (χ0) is 19.8. The number of carbonyl (C=O) groups excluding carboxylic acids is 1. The summed E-state index contributed by atoms with van der Waals surface area (Å²) < 4.78 is 27.5. The number of benzene rings is 2. The Morgan fingerprint density at radius 3 is 2.41 bits per heavy atom. The van der Waals surface area contributed by atoms with Crippen molar-refractivity contribution >= 4 is 37.3 Å². The van der Waals surface area contributed by atoms with Crippen molar-refractivity contribution in [1.29, 1.82) is 0 Å². The zero-order valence-corrected chi connectivity index (χ0v) is 17.4. The summed E-state index contributed by atoms with van der Waals surface area (Å²) in [5.74, 6) is -0.381. The van der Waals surface area contributed by atoms with Crippen molar-refractivity contribution in [3.63, 3.8) is 0 Å². The predicted octanol–water partition coefficient (Wildman–Crippen LogP) is 3.95. The number of hydrogen-bond donors (Lipinski definition) is 0. The van der Waals surface area contributed by atoms with Crippen LogP contribution in [0.5, 0.6) is 0 Å². The molecule has 1 aromatic heterocycles. The highest BCUT2D eigenvalue weighted by Gasteiger charge is 2.19. The average molecular weight is 403 g/mol. The third-order valence-electron chi connectivity index (χ3n) is 4.40. The largest absolute Gasteiger partial charge is 0.317 e. The summed E-state index contributed by atoms with van der Waals surface area (Å²) >= 11 is 1.48. The molecule has 1 amide bonds. The van der Waals surface area contributed by atoms with Gasteiger partial charge in [0.1, 0.15) is 0 Å². The van der Waals surface area contributed by atoms with Crippen molar-refractivity contribution in [2.24, 2.45) is 4.99 Å². The van der Waals surface area contributed by atoms with Gasteiger partial charge in [-0.15, -0.1) is 0 Å². The summed E-state index contributed by atoms with van der Waals surface area (Å²) in [5, 5.41) is -0.505. The van der Waals surface area contributed by atoms with E-state index in [9.17, 15) is 13.2 Å². The van der Waals surface area contributed by atoms with Gasteiger partial charge in [0, 0.05) is 12.1 Å². The fourth-order valence-corrected chi connectivity index (χ4v) is 5.03. The molecule has 3 aromatic rings. The molecule has 5 nitrogen and oxygen atoms in total. The smallest absolute Gasteiger partial charge is 0.279 e. The molecule has 0 saturated heterocycles. The van der Waals surface area contributed by atoms with E-state index in [0.29, 0.717) is 16.9 Å². The second-order valence-electron chi connectivity index (χ2n) is 6.64. The van der Waals surface area contributed by atoms with Crippen LogP contribution in [-0.2, 0) is 16.4 Å². The lowest BCUT2D eigenvalue weighted by atomic mass is 10.2. The molecule has 0 N–H and O–H groups in total. The van der Waals surface area contributed by atoms with Crippen LogP contribution in [0, 0.1) is 6.92 Å². The molecule has 3 rings (SSSR count). The minimum Gasteiger partial charge on any atom is -0.317 e. The normalized spacial score (nSPS) is 12.9. The molecule has 27 heavy (non-hydrogen) atoms. The van der Waals surface area contributed by atoms with E-state index in [4.69, 9.17) is 0 Å². The van der Waals surface area contributed by atoms with Crippen LogP contribution in [0.25, 0.3) is 10.2 Å². The Kier molecular flexibility index (Phi) is 5.35. The van der Waals surface area contributed by atoms with E-state index >= 15 is 0 Å². The maximum absolute atomic E-state index is 12.6. The number of aromatic nitrogens is 1. The Hall–Kier alpha value is -2.25. The topological polar surface area (TPSA) is 68.5 Å². The molecule has 142 valence electrons. The van der Waals surface area contributed by atoms with Crippen LogP contribution >= 0.6 is 11.3 Å². The zero-order valence-electron chi connectivity index (χ0n) is 15.8. The third kappa shape index (κ3) is 3.75. The van der Waals surface area contributed by atoms with E-state index in [1.807, 2.05) is 30.5 Å². The van der Waals surface area contributed by atoms with Crippen molar-refractivity contribution in [2.75, 3.05) is 0 Å². The molecule has 1 heterocycles. The fourth-order valence-electron chi connectivity index (χ4n) is 2.78. The first-order chi connectivity index (χ1) is 12.7. The van der Waals surface area contributed by atoms with Crippen LogP contribution in [0.3, 0.4) is 0 Å². The van der Waals surface area contributed by atoms with Gasteiger partial charge < -0.3 is 4.57 Å². The van der Waals surface area contributed by atoms with Crippen molar-refractivity contribution in [2.45, 2.75) is 44.4 Å². The van der Waals surface area contributed by atoms with Crippen molar-refractivity contribution in [3.8, 4) is 0 Å². The summed E-state index contributed by atoms with van der Waals surface area (Å²) in [4.78, 5) is 17.7. The number of carbonyl (C=O) groups is 1. The molecule has 0 unspecified atom stereocenters. The van der Waals surface area contributed by atoms with Crippen molar-refractivity contribution < 1.29 is 13.2 Å². The molecule has 0 aliphatic rings. The highest BCUT2D eigenvalue weighted by Crippen LogP contribution is 2.20. The molecule has 7 heteroatoms. The van der Waals surface area contributed by atoms with Crippen molar-refractivity contribution in [1.82, 2.24) is 4.57 Å². The van der Waals surface area contributed by atoms with E-state index in [-0.39, 0.29) is 10.8 Å². The minimum atomic E-state index is -3.35. The quantitative estimate of drug-likeness (QED) is 0.663. The number of hydrogen-bond acceptors (Lipinski definition) is 4. The molecule has 0 saturated carbocycles. The number of aryl methyl sites for hydroxylation is 2. The van der Waals surface area contributed by atoms with Crippen LogP contribution in [0.15, 0.2) is 52.4 Å². The van der Waals surface area contributed by atoms with E-state index in [2.05, 4.69) is 11.1 Å². The van der Waals surface area contributed by atoms with E-state index < -0.39 is 15.1 Å². The maximum atomic E-state index is 12.6. The summed E-state index contributed by atoms with van der Waals surface area (Å²) in [6.07, 6.45) is 0. The average Bonchev–Trinajstić information content (AvgIpc) is 2.97. The first kappa shape index (κ1) is 19.5. The Balaban J connectivity index is 2.01. The molecule has 0 aliphatic carbocycles. The van der Waals surface area contributed by atoms with Gasteiger partial charge in [-0.3, -0.25) is 4.79 Å². The van der Waals surface area contributed by atoms with Gasteiger partial charge in [-0.1, -0.05) is 17.4 Å². The summed E-state index contributed by atoms with van der Waals surface area (Å²) in [5.41, 5.74) is 2.58. The number of fused-ring (bicyclic) bond motifs is 1. The molecule has 0 fully saturated rings. The second-order valence-corrected chi connectivity index (χ2v) is 10.1. The van der Waals surface area contributed by atoms with E-state index in [1.54, 1.807) is 13.8 Å². The van der Waals surface area contributed by atoms with Crippen LogP contribution < -0.4 is 4.80 Å². The number of rotatable bonds is 4. The van der Waals surface area contributed by atoms with Gasteiger partial charge in [0.2, 0.25) is 0 Å². The highest BCUT2D eigenvalue weighted by molar-refractivity contribution is 7.92. The van der Waals surface area contributed by atoms with Gasteiger partial charge in [0.15, 0.2) is 14.6 Å². The number of sulfone groups is 1. The SMILES string of the molecule is CCn1c(=NC(=O)c2ccc(S(=O)(=O)C(C)C)cc2)sc2cc(C)ccc21. The Bertz CT molecular complexity index is 1170. The third-order valence-corrected chi connectivity index (χ3v) is 7.61. The van der Waals surface area contributed by atoms with Crippen molar-refractivity contribution in [3.05, 3.63) is 58.4 Å². The van der Waals surface area contributed by atoms with Gasteiger partial charge in [0.05, 0.1) is 20.4 Å². The number of nitrogens with zero attached hydrogens (tertiary/aromatic N) is 2. The molecule has 2 aromatic carbocycles. The Morgan fingerprint density at radius 1 is 1.15 bits per heavy atom. The molecule has 0 aliphatic heterocycles. The molecule has 0 bridgehead atoms. The van der Waals surface area contributed by atoms with Crippen LogP contribution in [0.4, 0.5) is 0 Å². The number of amides is 1. The molecule has 0 spiro atoms. The lowest BCUT2D eigenvalue weighted by Gasteiger charge is -2.07. The molecular weight excluding hydrogens is 380 g/mol. The van der Waals surface area contributed by atoms with Gasteiger partial charge in [-0.05, 0) is 69.7 Å². The Morgan fingerprint density at radius 2 is 1.81 bits per heavy atom. The van der Waals surface area contributed by atoms with Gasteiger partial charge in [-0.2, -0.15) is 4.99 Å². The van der Waals surface area contributed by atoms with E-state index in [1.165, 1.54) is 35.6 Å². The van der Waals surface area contributed by atoms with E-state index in [0.717, 1.165) is 15.8 Å². The molecular formula is C20H22N2O3S2. The molecule has 0 radical (unpaired) electrons. The van der Waals surface area contributed by atoms with Crippen LogP contribution in [0.2, 0.25) is 0 Å². The van der Waals surface area contributed by atoms with Crippen LogP contribution in [0.1, 0.15) is 36.7 Å². The summed E-state index contributed by atoms with van der Waals surface area (Å²) in [6.45, 7) is 8.03. The predicted molar refractivity (Wildman–Crippen MR) is 109 cm³/mol. The first-order valence-electron chi connectivity index (χ1n) is 8.77. The number of thiazole rings is 1. The monoisotopic (exact) mass is 402 g/mol. The maximum Gasteiger partial charge on any atom is 0.279 e. The van der Waals surface area contributed by atoms with Gasteiger partial charge in [-0.25, -0.2) is 8.42 Å². The summed E-state index contributed by atoms with van der Waals surface area (Å²) in [6, 6.07) is 12.2. The minimum absolute atomic E-state index is 0.218. The molecule has 0 atom stereocenters. The second kappa shape index (κ2) is 7.40. The lowest BCUT2D eigenvalue weighted by Crippen LogP contribution is -2.16. The summed E-state index contributed by atoms with van der Waals surface area (Å²) in [7, 11) is -3.35. The first-order valence-corrected chi connectivity index (χ1v) is 11.1. The standard InChI is InChI=1S/C20H22N2O3S2/c1-5-22-17-11-6-14(4)12-18(17)26-20(22)21-19(23)15-7-9-16(10-8-15)27(24,25)13(2)3/h6-13H,5H2,1-4H3. The van der Waals surface area contributed by atoms with Gasteiger partial charge >= 0.3 is 0 Å². The van der Waals surface area contributed by atoms with Crippen LogP contribution in [-0.4, -0.2) is 24.1 Å².